The number of rotatable bonds is 5. The molecule has 2 aliphatic rings. The number of carbonyl (C=O) groups is 2. The average Bonchev–Trinajstić information content (AvgIpc) is 3.64. The van der Waals surface area contributed by atoms with Crippen molar-refractivity contribution in [3.8, 4) is 0 Å². The minimum absolute atomic E-state index is 0.0413. The quantitative estimate of drug-likeness (QED) is 0.591. The Morgan fingerprint density at radius 2 is 1.69 bits per heavy atom. The van der Waals surface area contributed by atoms with Gasteiger partial charge in [-0.1, -0.05) is 42.5 Å². The lowest BCUT2D eigenvalue weighted by molar-refractivity contribution is -0.134. The van der Waals surface area contributed by atoms with Gasteiger partial charge in [0.1, 0.15) is 17.6 Å². The maximum atomic E-state index is 13.7. The van der Waals surface area contributed by atoms with E-state index in [0.717, 1.165) is 17.5 Å². The number of likely N-dealkylation sites (tertiary alicyclic amines) is 2. The van der Waals surface area contributed by atoms with Crippen LogP contribution in [0.15, 0.2) is 71.1 Å². The summed E-state index contributed by atoms with van der Waals surface area (Å²) in [5, 5.41) is 0. The molecule has 7 heteroatoms. The van der Waals surface area contributed by atoms with Gasteiger partial charge in [0.25, 0.3) is 5.91 Å². The van der Waals surface area contributed by atoms with Crippen LogP contribution in [0.2, 0.25) is 0 Å². The van der Waals surface area contributed by atoms with E-state index in [1.54, 1.807) is 36.1 Å². The van der Waals surface area contributed by atoms with Crippen molar-refractivity contribution in [2.45, 2.75) is 43.7 Å². The molecule has 5 rings (SSSR count). The highest BCUT2D eigenvalue weighted by atomic mass is 19.1. The SMILES string of the molecule is CC(N)c1ccc(C(=O)N2C[C@@H](c3ccccc3)C[C@H]2C(=O)N2CCC(c3ccc(F)cc3)C2)o1. The van der Waals surface area contributed by atoms with Crippen LogP contribution in [0.3, 0.4) is 0 Å². The van der Waals surface area contributed by atoms with Crippen LogP contribution in [0, 0.1) is 5.82 Å². The smallest absolute Gasteiger partial charge is 0.290 e. The molecular formula is C28H30FN3O3. The van der Waals surface area contributed by atoms with E-state index in [1.807, 2.05) is 35.2 Å². The van der Waals surface area contributed by atoms with E-state index < -0.39 is 6.04 Å². The monoisotopic (exact) mass is 475 g/mol. The van der Waals surface area contributed by atoms with Crippen LogP contribution in [0.25, 0.3) is 0 Å². The normalized spacial score (nSPS) is 23.0. The molecule has 6 nitrogen and oxygen atoms in total. The zero-order valence-corrected chi connectivity index (χ0v) is 19.8. The lowest BCUT2D eigenvalue weighted by Gasteiger charge is -2.27. The van der Waals surface area contributed by atoms with Gasteiger partial charge in [0.2, 0.25) is 5.91 Å². The number of hydrogen-bond donors (Lipinski definition) is 1. The Kier molecular flexibility index (Phi) is 6.43. The standard InChI is InChI=1S/C28H30FN3O3/c1-18(30)25-11-12-26(35-25)28(34)32-17-22(19-5-3-2-4-6-19)15-24(32)27(33)31-14-13-21(16-31)20-7-9-23(29)10-8-20/h2-12,18,21-22,24H,13-17,30H2,1H3/t18?,21?,22-,24-/m0/s1. The summed E-state index contributed by atoms with van der Waals surface area (Å²) < 4.78 is 19.1. The van der Waals surface area contributed by atoms with Crippen LogP contribution in [0.5, 0.6) is 0 Å². The first-order chi connectivity index (χ1) is 16.9. The summed E-state index contributed by atoms with van der Waals surface area (Å²) in [5.41, 5.74) is 8.05. The zero-order chi connectivity index (χ0) is 24.5. The molecule has 2 amide bonds. The number of amides is 2. The number of nitrogens with two attached hydrogens (primary N) is 1. The fourth-order valence-corrected chi connectivity index (χ4v) is 5.29. The van der Waals surface area contributed by atoms with Gasteiger partial charge in [-0.2, -0.15) is 0 Å². The molecule has 0 radical (unpaired) electrons. The number of halogens is 1. The van der Waals surface area contributed by atoms with Crippen LogP contribution in [-0.4, -0.2) is 47.3 Å². The van der Waals surface area contributed by atoms with E-state index in [0.29, 0.717) is 31.8 Å². The topological polar surface area (TPSA) is 79.8 Å². The minimum atomic E-state index is -0.566. The average molecular weight is 476 g/mol. The summed E-state index contributed by atoms with van der Waals surface area (Å²) in [6.07, 6.45) is 1.38. The third-order valence-corrected chi connectivity index (χ3v) is 7.25. The fourth-order valence-electron chi connectivity index (χ4n) is 5.29. The summed E-state index contributed by atoms with van der Waals surface area (Å²) in [6, 6.07) is 19.0. The van der Waals surface area contributed by atoms with Crippen molar-refractivity contribution in [1.29, 1.82) is 0 Å². The van der Waals surface area contributed by atoms with E-state index in [1.165, 1.54) is 12.1 Å². The van der Waals surface area contributed by atoms with Crippen molar-refractivity contribution in [2.24, 2.45) is 5.73 Å². The summed E-state index contributed by atoms with van der Waals surface area (Å²) in [7, 11) is 0. The predicted octanol–water partition coefficient (Wildman–Crippen LogP) is 4.45. The first kappa shape index (κ1) is 23.3. The lowest BCUT2D eigenvalue weighted by atomic mass is 9.96. The largest absolute Gasteiger partial charge is 0.454 e. The molecule has 0 aliphatic carbocycles. The number of benzene rings is 2. The van der Waals surface area contributed by atoms with Crippen LogP contribution < -0.4 is 5.73 Å². The molecule has 3 heterocycles. The van der Waals surface area contributed by atoms with Gasteiger partial charge >= 0.3 is 0 Å². The molecule has 3 aromatic rings. The van der Waals surface area contributed by atoms with E-state index >= 15 is 0 Å². The maximum Gasteiger partial charge on any atom is 0.290 e. The highest BCUT2D eigenvalue weighted by molar-refractivity contribution is 5.96. The zero-order valence-electron chi connectivity index (χ0n) is 19.8. The summed E-state index contributed by atoms with van der Waals surface area (Å²) >= 11 is 0. The second-order valence-corrected chi connectivity index (χ2v) is 9.63. The Hall–Kier alpha value is -3.45. The van der Waals surface area contributed by atoms with Crippen LogP contribution >= 0.6 is 0 Å². The molecule has 182 valence electrons. The number of furan rings is 1. The second-order valence-electron chi connectivity index (χ2n) is 9.63. The Bertz CT molecular complexity index is 1190. The van der Waals surface area contributed by atoms with E-state index in [4.69, 9.17) is 10.2 Å². The van der Waals surface area contributed by atoms with E-state index in [2.05, 4.69) is 0 Å². The highest BCUT2D eigenvalue weighted by Crippen LogP contribution is 2.36. The summed E-state index contributed by atoms with van der Waals surface area (Å²) in [4.78, 5) is 30.7. The van der Waals surface area contributed by atoms with Crippen molar-refractivity contribution in [3.05, 3.63) is 95.2 Å². The molecule has 2 aliphatic heterocycles. The Labute approximate surface area is 204 Å². The fraction of sp³-hybridized carbons (Fsp3) is 0.357. The third-order valence-electron chi connectivity index (χ3n) is 7.25. The summed E-state index contributed by atoms with van der Waals surface area (Å²) in [6.45, 7) is 3.42. The van der Waals surface area contributed by atoms with Crippen LogP contribution in [0.1, 0.15) is 65.1 Å². The molecule has 4 atom stereocenters. The molecule has 0 saturated carbocycles. The predicted molar refractivity (Wildman–Crippen MR) is 130 cm³/mol. The molecule has 0 bridgehead atoms. The van der Waals surface area contributed by atoms with Gasteiger partial charge in [0, 0.05) is 31.5 Å². The van der Waals surface area contributed by atoms with Gasteiger partial charge in [0.05, 0.1) is 6.04 Å². The van der Waals surface area contributed by atoms with Gasteiger partial charge in [-0.05, 0) is 55.2 Å². The van der Waals surface area contributed by atoms with Gasteiger partial charge in [-0.25, -0.2) is 4.39 Å². The minimum Gasteiger partial charge on any atom is -0.454 e. The third kappa shape index (κ3) is 4.73. The van der Waals surface area contributed by atoms with Gasteiger partial charge in [-0.3, -0.25) is 9.59 Å². The lowest BCUT2D eigenvalue weighted by Crippen LogP contribution is -2.47. The van der Waals surface area contributed by atoms with Crippen molar-refractivity contribution < 1.29 is 18.4 Å². The van der Waals surface area contributed by atoms with Crippen molar-refractivity contribution in [1.82, 2.24) is 9.80 Å². The molecule has 2 fully saturated rings. The molecule has 2 saturated heterocycles. The first-order valence-electron chi connectivity index (χ1n) is 12.2. The Morgan fingerprint density at radius 3 is 2.37 bits per heavy atom. The maximum absolute atomic E-state index is 13.7. The second kappa shape index (κ2) is 9.66. The number of hydrogen-bond acceptors (Lipinski definition) is 4. The molecule has 35 heavy (non-hydrogen) atoms. The van der Waals surface area contributed by atoms with Crippen molar-refractivity contribution in [3.63, 3.8) is 0 Å². The van der Waals surface area contributed by atoms with E-state index in [-0.39, 0.29) is 41.3 Å². The first-order valence-corrected chi connectivity index (χ1v) is 12.2. The van der Waals surface area contributed by atoms with Crippen LogP contribution in [0.4, 0.5) is 4.39 Å². The molecular weight excluding hydrogens is 445 g/mol. The number of carbonyl (C=O) groups excluding carboxylic acids is 2. The Balaban J connectivity index is 1.37. The Morgan fingerprint density at radius 1 is 0.971 bits per heavy atom. The molecule has 2 aromatic carbocycles. The van der Waals surface area contributed by atoms with Crippen molar-refractivity contribution in [2.75, 3.05) is 19.6 Å². The molecule has 2 unspecified atom stereocenters. The van der Waals surface area contributed by atoms with Gasteiger partial charge in [0.15, 0.2) is 5.76 Å². The van der Waals surface area contributed by atoms with Crippen molar-refractivity contribution >= 4 is 11.8 Å². The molecule has 1 aromatic heterocycles. The molecule has 0 spiro atoms. The van der Waals surface area contributed by atoms with Gasteiger partial charge < -0.3 is 20.0 Å². The van der Waals surface area contributed by atoms with Crippen LogP contribution in [-0.2, 0) is 4.79 Å². The number of nitrogens with zero attached hydrogens (tertiary/aromatic N) is 2. The van der Waals surface area contributed by atoms with Gasteiger partial charge in [-0.15, -0.1) is 0 Å². The summed E-state index contributed by atoms with van der Waals surface area (Å²) in [5.74, 6) is 0.368. The molecule has 2 N–H and O–H groups in total. The highest BCUT2D eigenvalue weighted by Gasteiger charge is 2.44. The van der Waals surface area contributed by atoms with E-state index in [9.17, 15) is 14.0 Å².